The number of nitrogens with zero attached hydrogens (tertiary/aromatic N) is 2. The molecule has 2 aromatic carbocycles. The van der Waals surface area contributed by atoms with Gasteiger partial charge in [0.15, 0.2) is 0 Å². The van der Waals surface area contributed by atoms with Gasteiger partial charge in [-0.2, -0.15) is 12.8 Å². The topological polar surface area (TPSA) is 25.3 Å². The molecule has 0 saturated carbocycles. The third-order valence-corrected chi connectivity index (χ3v) is 7.81. The van der Waals surface area contributed by atoms with E-state index in [1.807, 2.05) is 0 Å². The maximum Gasteiger partial charge on any atom is 2.00 e. The summed E-state index contributed by atoms with van der Waals surface area (Å²) in [5, 5.41) is 0. The Morgan fingerprint density at radius 3 is 1.30 bits per heavy atom. The Hall–Kier alpha value is -1.82. The molecule has 2 nitrogen and oxygen atoms in total. The predicted molar refractivity (Wildman–Crippen MR) is 187 cm³/mol. The van der Waals surface area contributed by atoms with E-state index in [2.05, 4.69) is 104 Å². The van der Waals surface area contributed by atoms with Gasteiger partial charge in [0, 0.05) is 22.3 Å². The minimum Gasteiger partial charge on any atom is -0.493 e. The van der Waals surface area contributed by atoms with Crippen molar-refractivity contribution in [1.82, 2.24) is 0 Å². The molecule has 0 fully saturated rings. The Morgan fingerprint density at radius 1 is 0.512 bits per heavy atom. The Kier molecular flexibility index (Phi) is 24.4. The fraction of sp³-hybridized carbons (Fsp3) is 0.550. The molecule has 0 amide bonds. The first-order chi connectivity index (χ1) is 20.5. The van der Waals surface area contributed by atoms with Crippen molar-refractivity contribution in [2.75, 3.05) is 0 Å². The maximum atomic E-state index is 11.7. The van der Waals surface area contributed by atoms with Crippen molar-refractivity contribution in [3.05, 3.63) is 101 Å². The van der Waals surface area contributed by atoms with Gasteiger partial charge in [-0.05, 0) is 80.3 Å². The van der Waals surface area contributed by atoms with Crippen LogP contribution >= 0.6 is 0 Å². The summed E-state index contributed by atoms with van der Waals surface area (Å²) in [5.41, 5.74) is 21.3. The molecule has 0 unspecified atom stereocenters. The molecular formula is C40H62N2Pd. The van der Waals surface area contributed by atoms with Gasteiger partial charge in [-0.1, -0.05) is 111 Å². The molecule has 0 spiro atoms. The molecule has 0 aliphatic carbocycles. The Morgan fingerprint density at radius 2 is 0.907 bits per heavy atom. The van der Waals surface area contributed by atoms with Crippen molar-refractivity contribution in [3.63, 3.8) is 0 Å². The van der Waals surface area contributed by atoms with Crippen molar-refractivity contribution >= 4 is 11.4 Å². The van der Waals surface area contributed by atoms with Crippen LogP contribution in [0.2, 0.25) is 0 Å². The molecule has 2 aromatic rings. The van der Waals surface area contributed by atoms with Crippen LogP contribution < -0.4 is 0 Å². The molecule has 43 heavy (non-hydrogen) atoms. The molecule has 0 radical (unpaired) electrons. The van der Waals surface area contributed by atoms with Crippen LogP contribution in [0.4, 0.5) is 0 Å². The Balaban J connectivity index is 0.00000174. The Labute approximate surface area is 281 Å². The third kappa shape index (κ3) is 14.2. The van der Waals surface area contributed by atoms with Gasteiger partial charge in [-0.3, -0.25) is 0 Å². The van der Waals surface area contributed by atoms with Crippen LogP contribution in [0.5, 0.6) is 0 Å². The van der Waals surface area contributed by atoms with E-state index in [9.17, 15) is 5.53 Å². The maximum absolute atomic E-state index is 11.7. The van der Waals surface area contributed by atoms with Crippen LogP contribution in [0.15, 0.2) is 59.7 Å². The van der Waals surface area contributed by atoms with Crippen LogP contribution in [0.25, 0.3) is 16.9 Å². The summed E-state index contributed by atoms with van der Waals surface area (Å²) in [7, 11) is 0. The van der Waals surface area contributed by atoms with Crippen molar-refractivity contribution < 1.29 is 25.1 Å². The standard InChI is InChI=1S/C32H44N2.2C4H9.Pd/c1-5-9-12-13-16-30-29(15-11-7-3)31(27-21-17-25(8-4)18-22-27)34(33)32(30)28-23-19-26(20-24-28)14-10-6-2;2*1-3-4-2;/h17-24H,5-16H2,1-4H3;2*1,3-4H2,2H3;/q;2*-1;+2. The van der Waals surface area contributed by atoms with Crippen LogP contribution in [0.1, 0.15) is 154 Å². The summed E-state index contributed by atoms with van der Waals surface area (Å²) in [6, 6.07) is 17.7. The van der Waals surface area contributed by atoms with E-state index < -0.39 is 0 Å². The number of aryl methyl sites for hydroxylation is 2. The normalized spacial score (nSPS) is 12.4. The molecule has 3 rings (SSSR count). The fourth-order valence-electron chi connectivity index (χ4n) is 4.98. The molecule has 1 heterocycles. The van der Waals surface area contributed by atoms with Crippen LogP contribution in [-0.2, 0) is 33.3 Å². The minimum absolute atomic E-state index is 0. The first kappa shape index (κ1) is 41.2. The molecule has 242 valence electrons. The average Bonchev–Trinajstić information content (AvgIpc) is 3.31. The Bertz CT molecular complexity index is 1050. The number of hydrogen-bond donors (Lipinski definition) is 0. The van der Waals surface area contributed by atoms with Gasteiger partial charge in [0.25, 0.3) is 0 Å². The van der Waals surface area contributed by atoms with Gasteiger partial charge >= 0.3 is 20.4 Å². The van der Waals surface area contributed by atoms with Crippen molar-refractivity contribution in [2.45, 2.75) is 144 Å². The van der Waals surface area contributed by atoms with E-state index in [0.29, 0.717) is 0 Å². The summed E-state index contributed by atoms with van der Waals surface area (Å²) in [6.07, 6.45) is 18.4. The summed E-state index contributed by atoms with van der Waals surface area (Å²) in [6.45, 7) is 20.4. The predicted octanol–water partition coefficient (Wildman–Crippen LogP) is 13.2. The van der Waals surface area contributed by atoms with E-state index >= 15 is 0 Å². The fourth-order valence-corrected chi connectivity index (χ4v) is 4.98. The zero-order valence-electron chi connectivity index (χ0n) is 28.6. The second-order valence-electron chi connectivity index (χ2n) is 11.4. The van der Waals surface area contributed by atoms with E-state index in [0.717, 1.165) is 73.9 Å². The first-order valence-corrected chi connectivity index (χ1v) is 17.2. The average molecular weight is 677 g/mol. The van der Waals surface area contributed by atoms with Crippen molar-refractivity contribution in [1.29, 1.82) is 0 Å². The van der Waals surface area contributed by atoms with Crippen LogP contribution in [0.3, 0.4) is 0 Å². The molecule has 0 saturated heterocycles. The molecule has 1 aliphatic rings. The summed E-state index contributed by atoms with van der Waals surface area (Å²) in [5.74, 6) is 0. The van der Waals surface area contributed by atoms with E-state index in [1.165, 1.54) is 78.3 Å². The second kappa shape index (κ2) is 25.5. The molecule has 0 N–H and O–H groups in total. The van der Waals surface area contributed by atoms with Gasteiger partial charge < -0.3 is 19.4 Å². The van der Waals surface area contributed by atoms with Gasteiger partial charge in [0.2, 0.25) is 11.4 Å². The molecule has 0 atom stereocenters. The molecular weight excluding hydrogens is 615 g/mol. The van der Waals surface area contributed by atoms with Crippen LogP contribution in [0, 0.1) is 13.8 Å². The van der Waals surface area contributed by atoms with Crippen molar-refractivity contribution in [3.8, 4) is 0 Å². The van der Waals surface area contributed by atoms with Crippen LogP contribution in [-0.4, -0.2) is 4.70 Å². The zero-order chi connectivity index (χ0) is 31.2. The molecule has 0 aromatic heterocycles. The smallest absolute Gasteiger partial charge is 0.493 e. The molecule has 3 heteroatoms. The number of rotatable bonds is 16. The number of benzene rings is 2. The van der Waals surface area contributed by atoms with Gasteiger partial charge in [-0.15, -0.1) is 0 Å². The quantitative estimate of drug-likeness (QED) is 0.0732. The minimum atomic E-state index is 0. The number of allylic oxidation sites excluding steroid dienone is 2. The zero-order valence-corrected chi connectivity index (χ0v) is 30.1. The SMILES string of the molecule is CCCCCCC1=C(c2ccc(CCCC)cc2)[N+](=[N-])C(c2ccc(CC)cc2)=C1CCCC.[CH2-]CCC.[CH2-]CCC.[Pd+2]. The summed E-state index contributed by atoms with van der Waals surface area (Å²) in [4.78, 5) is 0. The summed E-state index contributed by atoms with van der Waals surface area (Å²) >= 11 is 0. The van der Waals surface area contributed by atoms with Gasteiger partial charge in [0.1, 0.15) is 0 Å². The largest absolute Gasteiger partial charge is 2.00 e. The molecule has 0 bridgehead atoms. The van der Waals surface area contributed by atoms with E-state index in [-0.39, 0.29) is 20.4 Å². The third-order valence-electron chi connectivity index (χ3n) is 7.81. The summed E-state index contributed by atoms with van der Waals surface area (Å²) < 4.78 is 1.52. The first-order valence-electron chi connectivity index (χ1n) is 17.2. The monoisotopic (exact) mass is 676 g/mol. The van der Waals surface area contributed by atoms with Gasteiger partial charge in [0.05, 0.1) is 0 Å². The van der Waals surface area contributed by atoms with E-state index in [1.54, 1.807) is 0 Å². The molecule has 1 aliphatic heterocycles. The second-order valence-corrected chi connectivity index (χ2v) is 11.4. The van der Waals surface area contributed by atoms with Crippen molar-refractivity contribution in [2.24, 2.45) is 0 Å². The number of unbranched alkanes of at least 4 members (excludes halogenated alkanes) is 7. The van der Waals surface area contributed by atoms with Gasteiger partial charge in [-0.25, -0.2) is 4.70 Å². The number of hydrogen-bond acceptors (Lipinski definition) is 0. The van der Waals surface area contributed by atoms with E-state index in [4.69, 9.17) is 0 Å².